The Balaban J connectivity index is 1.61. The molecule has 0 aliphatic carbocycles. The number of hydrogen-bond acceptors (Lipinski definition) is 5. The Morgan fingerprint density at radius 3 is 2.62 bits per heavy atom. The molecule has 0 saturated heterocycles. The van der Waals surface area contributed by atoms with Crippen molar-refractivity contribution in [1.29, 1.82) is 0 Å². The predicted octanol–water partition coefficient (Wildman–Crippen LogP) is 6.19. The molecule has 1 aliphatic heterocycles. The van der Waals surface area contributed by atoms with Gasteiger partial charge >= 0.3 is 5.97 Å². The average molecular weight is 560 g/mol. The highest BCUT2D eigenvalue weighted by Crippen LogP contribution is 2.36. The largest absolute Gasteiger partial charge is 0.493 e. The van der Waals surface area contributed by atoms with Crippen LogP contribution in [0.2, 0.25) is 5.02 Å². The third-order valence-electron chi connectivity index (χ3n) is 4.91. The molecule has 1 aliphatic rings. The Morgan fingerprint density at radius 2 is 1.88 bits per heavy atom. The smallest absolute Gasteiger partial charge is 0.363 e. The fourth-order valence-electron chi connectivity index (χ4n) is 3.20. The molecule has 0 amide bonds. The number of aliphatic imine (C=N–C) groups is 1. The minimum atomic E-state index is -0.534. The van der Waals surface area contributed by atoms with Crippen LogP contribution in [0.25, 0.3) is 6.08 Å². The van der Waals surface area contributed by atoms with Crippen molar-refractivity contribution in [2.24, 2.45) is 4.99 Å². The topological polar surface area (TPSA) is 57.1 Å². The molecule has 0 aromatic heterocycles. The zero-order valence-electron chi connectivity index (χ0n) is 17.4. The van der Waals surface area contributed by atoms with Crippen molar-refractivity contribution in [3.63, 3.8) is 0 Å². The van der Waals surface area contributed by atoms with Gasteiger partial charge in [0.1, 0.15) is 6.61 Å². The number of hydrogen-bond donors (Lipinski definition) is 0. The summed E-state index contributed by atoms with van der Waals surface area (Å²) in [7, 11) is 1.58. The summed E-state index contributed by atoms with van der Waals surface area (Å²) in [4.78, 5) is 16.7. The van der Waals surface area contributed by atoms with Crippen LogP contribution in [0, 0.1) is 10.5 Å². The van der Waals surface area contributed by atoms with Crippen molar-refractivity contribution in [2.75, 3.05) is 7.11 Å². The number of cyclic esters (lactones) is 1. The summed E-state index contributed by atoms with van der Waals surface area (Å²) in [5.41, 5.74) is 3.76. The summed E-state index contributed by atoms with van der Waals surface area (Å²) < 4.78 is 17.8. The van der Waals surface area contributed by atoms with Gasteiger partial charge in [-0.1, -0.05) is 48.0 Å². The second-order valence-corrected chi connectivity index (χ2v) is 8.63. The summed E-state index contributed by atoms with van der Waals surface area (Å²) >= 11 is 8.39. The molecule has 7 heteroatoms. The molecule has 1 heterocycles. The maximum atomic E-state index is 12.4. The minimum absolute atomic E-state index is 0.186. The van der Waals surface area contributed by atoms with E-state index in [9.17, 15) is 4.79 Å². The lowest BCUT2D eigenvalue weighted by Crippen LogP contribution is -2.05. The fourth-order valence-corrected chi connectivity index (χ4v) is 4.20. The molecule has 0 unspecified atom stereocenters. The molecular weight excluding hydrogens is 541 g/mol. The SMILES string of the molecule is COc1cc(/C=C2\N=C(c3ccccc3Cl)OC2=O)cc(I)c1OCc1ccccc1C. The van der Waals surface area contributed by atoms with Crippen molar-refractivity contribution in [1.82, 2.24) is 0 Å². The average Bonchev–Trinajstić information content (AvgIpc) is 3.14. The molecule has 162 valence electrons. The van der Waals surface area contributed by atoms with Crippen LogP contribution in [0.15, 0.2) is 71.4 Å². The van der Waals surface area contributed by atoms with Gasteiger partial charge in [0.15, 0.2) is 17.2 Å². The van der Waals surface area contributed by atoms with Crippen molar-refractivity contribution >= 4 is 52.1 Å². The standard InChI is InChI=1S/C25H19ClINO4/c1-15-7-3-4-8-17(15)14-31-23-20(27)11-16(13-22(23)30-2)12-21-25(29)32-24(28-21)18-9-5-6-10-19(18)26/h3-13H,14H2,1-2H3/b21-12-. The molecule has 32 heavy (non-hydrogen) atoms. The highest BCUT2D eigenvalue weighted by Gasteiger charge is 2.25. The van der Waals surface area contributed by atoms with Crippen molar-refractivity contribution < 1.29 is 19.0 Å². The lowest BCUT2D eigenvalue weighted by molar-refractivity contribution is -0.129. The van der Waals surface area contributed by atoms with Gasteiger partial charge in [0.25, 0.3) is 0 Å². The molecular formula is C25H19ClINO4. The Hall–Kier alpha value is -2.84. The molecule has 4 rings (SSSR count). The zero-order chi connectivity index (χ0) is 22.7. The number of benzene rings is 3. The van der Waals surface area contributed by atoms with E-state index < -0.39 is 5.97 Å². The monoisotopic (exact) mass is 559 g/mol. The number of esters is 1. The van der Waals surface area contributed by atoms with E-state index in [4.69, 9.17) is 25.8 Å². The molecule has 5 nitrogen and oxygen atoms in total. The van der Waals surface area contributed by atoms with Gasteiger partial charge in [-0.15, -0.1) is 0 Å². The number of carbonyl (C=O) groups excluding carboxylic acids is 1. The third-order valence-corrected chi connectivity index (χ3v) is 6.04. The van der Waals surface area contributed by atoms with E-state index in [-0.39, 0.29) is 11.6 Å². The first-order valence-electron chi connectivity index (χ1n) is 9.78. The molecule has 0 spiro atoms. The first-order valence-corrected chi connectivity index (χ1v) is 11.2. The van der Waals surface area contributed by atoms with E-state index in [1.165, 1.54) is 0 Å². The zero-order valence-corrected chi connectivity index (χ0v) is 20.3. The van der Waals surface area contributed by atoms with E-state index in [0.29, 0.717) is 28.7 Å². The minimum Gasteiger partial charge on any atom is -0.493 e. The second kappa shape index (κ2) is 9.75. The summed E-state index contributed by atoms with van der Waals surface area (Å²) in [5.74, 6) is 0.868. The van der Waals surface area contributed by atoms with Gasteiger partial charge in [0.2, 0.25) is 5.90 Å². The molecule has 3 aromatic carbocycles. The Labute approximate surface area is 204 Å². The van der Waals surface area contributed by atoms with E-state index >= 15 is 0 Å². The third kappa shape index (κ3) is 4.81. The number of aryl methyl sites for hydroxylation is 1. The number of nitrogens with zero attached hydrogens (tertiary/aromatic N) is 1. The van der Waals surface area contributed by atoms with Crippen LogP contribution in [-0.2, 0) is 16.1 Å². The lowest BCUT2D eigenvalue weighted by atomic mass is 10.1. The Kier molecular flexibility index (Phi) is 6.81. The molecule has 0 fully saturated rings. The van der Waals surface area contributed by atoms with E-state index in [1.807, 2.05) is 43.3 Å². The van der Waals surface area contributed by atoms with Gasteiger partial charge in [0.05, 0.1) is 21.3 Å². The van der Waals surface area contributed by atoms with Gasteiger partial charge in [-0.3, -0.25) is 0 Å². The molecule has 0 radical (unpaired) electrons. The van der Waals surface area contributed by atoms with Crippen LogP contribution in [0.3, 0.4) is 0 Å². The molecule has 0 N–H and O–H groups in total. The lowest BCUT2D eigenvalue weighted by Gasteiger charge is -2.14. The summed E-state index contributed by atoms with van der Waals surface area (Å²) in [6.07, 6.45) is 1.65. The summed E-state index contributed by atoms with van der Waals surface area (Å²) in [6.45, 7) is 2.48. The fraction of sp³-hybridized carbons (Fsp3) is 0.120. The molecule has 3 aromatic rings. The Bertz CT molecular complexity index is 1250. The number of halogens is 2. The van der Waals surface area contributed by atoms with Gasteiger partial charge in [-0.25, -0.2) is 9.79 Å². The number of methoxy groups -OCH3 is 1. The van der Waals surface area contributed by atoms with E-state index in [2.05, 4.69) is 27.6 Å². The summed E-state index contributed by atoms with van der Waals surface area (Å²) in [5, 5.41) is 0.465. The van der Waals surface area contributed by atoms with Gasteiger partial charge in [-0.2, -0.15) is 0 Å². The van der Waals surface area contributed by atoms with Crippen LogP contribution < -0.4 is 9.47 Å². The van der Waals surface area contributed by atoms with Crippen molar-refractivity contribution in [2.45, 2.75) is 13.5 Å². The van der Waals surface area contributed by atoms with Crippen LogP contribution in [0.4, 0.5) is 0 Å². The van der Waals surface area contributed by atoms with E-state index in [0.717, 1.165) is 20.3 Å². The summed E-state index contributed by atoms with van der Waals surface area (Å²) in [6, 6.07) is 18.9. The van der Waals surface area contributed by atoms with Crippen LogP contribution in [-0.4, -0.2) is 19.0 Å². The van der Waals surface area contributed by atoms with Gasteiger partial charge < -0.3 is 14.2 Å². The van der Waals surface area contributed by atoms with Gasteiger partial charge in [-0.05, 0) is 76.5 Å². The quantitative estimate of drug-likeness (QED) is 0.205. The second-order valence-electron chi connectivity index (χ2n) is 7.07. The number of ether oxygens (including phenoxy) is 3. The molecule has 0 saturated carbocycles. The van der Waals surface area contributed by atoms with Crippen LogP contribution in [0.5, 0.6) is 11.5 Å². The first kappa shape index (κ1) is 22.4. The van der Waals surface area contributed by atoms with Crippen LogP contribution in [0.1, 0.15) is 22.3 Å². The molecule has 0 bridgehead atoms. The van der Waals surface area contributed by atoms with Crippen molar-refractivity contribution in [3.8, 4) is 11.5 Å². The van der Waals surface area contributed by atoms with Crippen LogP contribution >= 0.6 is 34.2 Å². The highest BCUT2D eigenvalue weighted by molar-refractivity contribution is 14.1. The Morgan fingerprint density at radius 1 is 1.12 bits per heavy atom. The molecule has 0 atom stereocenters. The van der Waals surface area contributed by atoms with Crippen molar-refractivity contribution in [3.05, 3.63) is 97.2 Å². The normalized spacial score (nSPS) is 14.3. The van der Waals surface area contributed by atoms with E-state index in [1.54, 1.807) is 37.5 Å². The maximum Gasteiger partial charge on any atom is 0.363 e. The predicted molar refractivity (Wildman–Crippen MR) is 133 cm³/mol. The highest BCUT2D eigenvalue weighted by atomic mass is 127. The number of carbonyl (C=O) groups is 1. The number of rotatable bonds is 6. The first-order chi connectivity index (χ1) is 15.5. The maximum absolute atomic E-state index is 12.4. The van der Waals surface area contributed by atoms with Gasteiger partial charge in [0, 0.05) is 0 Å².